The van der Waals surface area contributed by atoms with Crippen LogP contribution < -0.4 is 5.32 Å². The van der Waals surface area contributed by atoms with Crippen molar-refractivity contribution in [3.8, 4) is 0 Å². The molecule has 1 unspecified atom stereocenters. The van der Waals surface area contributed by atoms with Crippen LogP contribution in [0.1, 0.15) is 35.0 Å². The van der Waals surface area contributed by atoms with E-state index < -0.39 is 27.0 Å². The number of amides is 1. The Labute approximate surface area is 161 Å². The van der Waals surface area contributed by atoms with E-state index in [1.54, 1.807) is 0 Å². The highest BCUT2D eigenvalue weighted by Crippen LogP contribution is 2.21. The molecular formula is C17H20N4O6S. The first-order valence-electron chi connectivity index (χ1n) is 8.68. The third-order valence-electron chi connectivity index (χ3n) is 4.55. The zero-order valence-corrected chi connectivity index (χ0v) is 15.7. The van der Waals surface area contributed by atoms with Gasteiger partial charge in [0.25, 0.3) is 11.6 Å². The third-order valence-corrected chi connectivity index (χ3v) is 6.43. The number of nitro groups is 1. The predicted octanol–water partition coefficient (Wildman–Crippen LogP) is 1.17. The molecule has 1 aromatic heterocycles. The zero-order valence-electron chi connectivity index (χ0n) is 14.9. The highest BCUT2D eigenvalue weighted by molar-refractivity contribution is 7.89. The molecule has 3 N–H and O–H groups in total. The number of hydrogen-bond acceptors (Lipinski definition) is 6. The van der Waals surface area contributed by atoms with Gasteiger partial charge in [-0.3, -0.25) is 14.9 Å². The van der Waals surface area contributed by atoms with E-state index in [0.717, 1.165) is 12.8 Å². The Kier molecular flexibility index (Phi) is 5.77. The average molecular weight is 408 g/mol. The molecule has 2 aromatic rings. The van der Waals surface area contributed by atoms with Crippen LogP contribution in [0.3, 0.4) is 0 Å². The lowest BCUT2D eigenvalue weighted by Gasteiger charge is -2.13. The molecule has 150 valence electrons. The van der Waals surface area contributed by atoms with E-state index in [9.17, 15) is 28.4 Å². The molecule has 0 spiro atoms. The number of benzene rings is 1. The summed E-state index contributed by atoms with van der Waals surface area (Å²) in [6.07, 6.45) is 1.84. The second kappa shape index (κ2) is 8.09. The number of aromatic amines is 1. The first-order valence-corrected chi connectivity index (χ1v) is 10.1. The quantitative estimate of drug-likeness (QED) is 0.463. The van der Waals surface area contributed by atoms with Crippen molar-refractivity contribution in [3.63, 3.8) is 0 Å². The fourth-order valence-corrected chi connectivity index (χ4v) is 4.46. The zero-order chi connectivity index (χ0) is 20.3. The van der Waals surface area contributed by atoms with Crippen LogP contribution >= 0.6 is 0 Å². The molecule has 0 bridgehead atoms. The maximum absolute atomic E-state index is 12.5. The van der Waals surface area contributed by atoms with Crippen LogP contribution in [0, 0.1) is 10.1 Å². The molecule has 0 saturated carbocycles. The van der Waals surface area contributed by atoms with Crippen LogP contribution in [-0.4, -0.2) is 53.3 Å². The van der Waals surface area contributed by atoms with Gasteiger partial charge in [-0.15, -0.1) is 0 Å². The van der Waals surface area contributed by atoms with Gasteiger partial charge in [0.05, 0.1) is 11.0 Å². The number of H-pyrrole nitrogens is 1. The van der Waals surface area contributed by atoms with Crippen molar-refractivity contribution in [2.75, 3.05) is 19.6 Å². The number of hydrogen-bond donors (Lipinski definition) is 3. The van der Waals surface area contributed by atoms with Crippen LogP contribution in [0.5, 0.6) is 0 Å². The van der Waals surface area contributed by atoms with Crippen LogP contribution in [0.2, 0.25) is 0 Å². The van der Waals surface area contributed by atoms with Gasteiger partial charge in [-0.2, -0.15) is 4.31 Å². The maximum atomic E-state index is 12.5. The Balaban J connectivity index is 1.60. The SMILES string of the molecule is O=C(NCC(O)c1ccc([N+](=O)[O-])cc1)c1cc(S(=O)(=O)N2CCCC2)c[nH]1. The largest absolute Gasteiger partial charge is 0.387 e. The Bertz CT molecular complexity index is 964. The highest BCUT2D eigenvalue weighted by atomic mass is 32.2. The summed E-state index contributed by atoms with van der Waals surface area (Å²) in [7, 11) is -3.62. The van der Waals surface area contributed by atoms with Crippen LogP contribution in [-0.2, 0) is 10.0 Å². The molecule has 28 heavy (non-hydrogen) atoms. The monoisotopic (exact) mass is 408 g/mol. The average Bonchev–Trinajstić information content (AvgIpc) is 3.38. The fraction of sp³-hybridized carbons (Fsp3) is 0.353. The normalized spacial score (nSPS) is 16.0. The molecule has 1 aliphatic rings. The molecule has 1 atom stereocenters. The summed E-state index contributed by atoms with van der Waals surface area (Å²) in [6, 6.07) is 6.61. The molecule has 11 heteroatoms. The Morgan fingerprint density at radius 3 is 2.54 bits per heavy atom. The molecule has 1 amide bonds. The molecule has 3 rings (SSSR count). The van der Waals surface area contributed by atoms with E-state index in [4.69, 9.17) is 0 Å². The summed E-state index contributed by atoms with van der Waals surface area (Å²) in [5.74, 6) is -0.566. The van der Waals surface area contributed by atoms with Crippen molar-refractivity contribution >= 4 is 21.6 Å². The molecule has 0 radical (unpaired) electrons. The van der Waals surface area contributed by atoms with Crippen LogP contribution in [0.4, 0.5) is 5.69 Å². The number of aliphatic hydroxyl groups is 1. The summed E-state index contributed by atoms with van der Waals surface area (Å²) in [4.78, 5) is 25.0. The second-order valence-electron chi connectivity index (χ2n) is 6.43. The number of aromatic nitrogens is 1. The van der Waals surface area contributed by atoms with Gasteiger partial charge in [0.1, 0.15) is 10.6 Å². The summed E-state index contributed by atoms with van der Waals surface area (Å²) >= 11 is 0. The Morgan fingerprint density at radius 2 is 1.93 bits per heavy atom. The van der Waals surface area contributed by atoms with Gasteiger partial charge in [0.2, 0.25) is 10.0 Å². The van der Waals surface area contributed by atoms with Crippen LogP contribution in [0.25, 0.3) is 0 Å². The summed E-state index contributed by atoms with van der Waals surface area (Å²) < 4.78 is 26.4. The summed E-state index contributed by atoms with van der Waals surface area (Å²) in [6.45, 7) is 0.802. The van der Waals surface area contributed by atoms with Gasteiger partial charge in [-0.1, -0.05) is 0 Å². The Hall–Kier alpha value is -2.76. The van der Waals surface area contributed by atoms with Crippen molar-refractivity contribution in [3.05, 3.63) is 57.9 Å². The van der Waals surface area contributed by atoms with Gasteiger partial charge in [-0.05, 0) is 36.6 Å². The second-order valence-corrected chi connectivity index (χ2v) is 8.37. The first kappa shape index (κ1) is 20.0. The van der Waals surface area contributed by atoms with Gasteiger partial charge >= 0.3 is 0 Å². The minimum absolute atomic E-state index is 0.0236. The number of sulfonamides is 1. The predicted molar refractivity (Wildman–Crippen MR) is 99.2 cm³/mol. The molecule has 1 fully saturated rings. The van der Waals surface area contributed by atoms with E-state index >= 15 is 0 Å². The topological polar surface area (TPSA) is 146 Å². The molecule has 1 saturated heterocycles. The lowest BCUT2D eigenvalue weighted by atomic mass is 10.1. The molecular weight excluding hydrogens is 388 g/mol. The van der Waals surface area contributed by atoms with E-state index in [-0.39, 0.29) is 22.8 Å². The van der Waals surface area contributed by atoms with E-state index in [0.29, 0.717) is 18.7 Å². The maximum Gasteiger partial charge on any atom is 0.269 e. The van der Waals surface area contributed by atoms with Crippen molar-refractivity contribution in [1.82, 2.24) is 14.6 Å². The van der Waals surface area contributed by atoms with Gasteiger partial charge < -0.3 is 15.4 Å². The van der Waals surface area contributed by atoms with Crippen molar-refractivity contribution in [1.29, 1.82) is 0 Å². The molecule has 2 heterocycles. The molecule has 0 aliphatic carbocycles. The molecule has 10 nitrogen and oxygen atoms in total. The number of nitrogens with zero attached hydrogens (tertiary/aromatic N) is 2. The summed E-state index contributed by atoms with van der Waals surface area (Å²) in [5.41, 5.74) is 0.376. The highest BCUT2D eigenvalue weighted by Gasteiger charge is 2.28. The first-order chi connectivity index (χ1) is 13.3. The van der Waals surface area contributed by atoms with Crippen LogP contribution in [0.15, 0.2) is 41.4 Å². The van der Waals surface area contributed by atoms with Gasteiger partial charge in [0, 0.05) is 38.0 Å². The number of carbonyl (C=O) groups excluding carboxylic acids is 1. The van der Waals surface area contributed by atoms with E-state index in [2.05, 4.69) is 10.3 Å². The third kappa shape index (κ3) is 4.21. The van der Waals surface area contributed by atoms with Crippen molar-refractivity contribution in [2.45, 2.75) is 23.8 Å². The van der Waals surface area contributed by atoms with E-state index in [1.165, 1.54) is 40.8 Å². The van der Waals surface area contributed by atoms with E-state index in [1.807, 2.05) is 0 Å². The Morgan fingerprint density at radius 1 is 1.29 bits per heavy atom. The summed E-state index contributed by atoms with van der Waals surface area (Å²) in [5, 5.41) is 23.3. The minimum atomic E-state index is -3.62. The number of rotatable bonds is 7. The van der Waals surface area contributed by atoms with Crippen molar-refractivity contribution < 1.29 is 23.2 Å². The number of aliphatic hydroxyl groups excluding tert-OH is 1. The van der Waals surface area contributed by atoms with Gasteiger partial charge in [-0.25, -0.2) is 8.42 Å². The van der Waals surface area contributed by atoms with Gasteiger partial charge in [0.15, 0.2) is 0 Å². The number of carbonyl (C=O) groups is 1. The fourth-order valence-electron chi connectivity index (χ4n) is 2.95. The lowest BCUT2D eigenvalue weighted by Crippen LogP contribution is -2.29. The smallest absolute Gasteiger partial charge is 0.269 e. The molecule has 1 aliphatic heterocycles. The number of non-ortho nitro benzene ring substituents is 1. The van der Waals surface area contributed by atoms with Crippen molar-refractivity contribution in [2.24, 2.45) is 0 Å². The molecule has 1 aromatic carbocycles. The minimum Gasteiger partial charge on any atom is -0.387 e. The number of nitro benzene ring substituents is 1. The number of nitrogens with one attached hydrogen (secondary N) is 2. The standard InChI is InChI=1S/C17H20N4O6S/c22-16(12-3-5-13(6-4-12)21(24)25)11-19-17(23)15-9-14(10-18-15)28(26,27)20-7-1-2-8-20/h3-6,9-10,16,18,22H,1-2,7-8,11H2,(H,19,23). The lowest BCUT2D eigenvalue weighted by molar-refractivity contribution is -0.384.